The zero-order valence-electron chi connectivity index (χ0n) is 15.1. The maximum atomic E-state index is 13.1. The Morgan fingerprint density at radius 3 is 2.27 bits per heavy atom. The standard InChI is InChI=1S/C19H22FN3O3/c1-12-16(19(25)26-3)13(2)21-17(12)18(24)23-10-8-22(9-11-23)15-6-4-14(20)5-7-15/h4-7,21H,8-11H2,1-3H3. The van der Waals surface area contributed by atoms with Gasteiger partial charge in [0.05, 0.1) is 12.7 Å². The van der Waals surface area contributed by atoms with E-state index in [0.717, 1.165) is 5.69 Å². The summed E-state index contributed by atoms with van der Waals surface area (Å²) >= 11 is 0. The largest absolute Gasteiger partial charge is 0.465 e. The number of ether oxygens (including phenoxy) is 1. The number of anilines is 1. The summed E-state index contributed by atoms with van der Waals surface area (Å²) < 4.78 is 17.8. The number of H-pyrrole nitrogens is 1. The predicted octanol–water partition coefficient (Wildman–Crippen LogP) is 2.52. The third kappa shape index (κ3) is 3.29. The van der Waals surface area contributed by atoms with Crippen LogP contribution in [-0.2, 0) is 4.74 Å². The molecule has 2 heterocycles. The van der Waals surface area contributed by atoms with Crippen molar-refractivity contribution in [2.45, 2.75) is 13.8 Å². The van der Waals surface area contributed by atoms with E-state index in [0.29, 0.717) is 48.7 Å². The number of methoxy groups -OCH3 is 1. The Morgan fingerprint density at radius 2 is 1.69 bits per heavy atom. The van der Waals surface area contributed by atoms with Gasteiger partial charge < -0.3 is 19.5 Å². The van der Waals surface area contributed by atoms with Crippen LogP contribution in [0.5, 0.6) is 0 Å². The number of halogens is 1. The number of piperazine rings is 1. The molecule has 3 rings (SSSR count). The van der Waals surface area contributed by atoms with Crippen molar-refractivity contribution in [2.24, 2.45) is 0 Å². The first-order valence-electron chi connectivity index (χ1n) is 8.49. The van der Waals surface area contributed by atoms with Crippen molar-refractivity contribution in [3.8, 4) is 0 Å². The molecule has 6 nitrogen and oxygen atoms in total. The summed E-state index contributed by atoms with van der Waals surface area (Å²) in [6.07, 6.45) is 0. The van der Waals surface area contributed by atoms with Gasteiger partial charge in [-0.2, -0.15) is 0 Å². The second kappa shape index (κ2) is 7.19. The van der Waals surface area contributed by atoms with Crippen LogP contribution in [0.1, 0.15) is 32.1 Å². The van der Waals surface area contributed by atoms with Gasteiger partial charge in [-0.25, -0.2) is 9.18 Å². The van der Waals surface area contributed by atoms with Crippen molar-refractivity contribution in [1.29, 1.82) is 0 Å². The van der Waals surface area contributed by atoms with Crippen molar-refractivity contribution in [2.75, 3.05) is 38.2 Å². The minimum absolute atomic E-state index is 0.125. The number of aromatic nitrogens is 1. The highest BCUT2D eigenvalue weighted by Crippen LogP contribution is 2.22. The average molecular weight is 359 g/mol. The Hall–Kier alpha value is -2.83. The lowest BCUT2D eigenvalue weighted by molar-refractivity contribution is 0.0599. The lowest BCUT2D eigenvalue weighted by Crippen LogP contribution is -2.49. The van der Waals surface area contributed by atoms with Crippen LogP contribution in [-0.4, -0.2) is 55.0 Å². The number of nitrogens with zero attached hydrogens (tertiary/aromatic N) is 2. The van der Waals surface area contributed by atoms with E-state index in [9.17, 15) is 14.0 Å². The van der Waals surface area contributed by atoms with E-state index < -0.39 is 5.97 Å². The molecule has 1 aromatic carbocycles. The molecule has 1 aromatic heterocycles. The Bertz CT molecular complexity index is 821. The van der Waals surface area contributed by atoms with E-state index in [-0.39, 0.29) is 11.7 Å². The molecule has 0 atom stereocenters. The number of nitrogens with one attached hydrogen (secondary N) is 1. The van der Waals surface area contributed by atoms with Crippen LogP contribution < -0.4 is 4.90 Å². The van der Waals surface area contributed by atoms with Gasteiger partial charge in [0.15, 0.2) is 0 Å². The molecule has 1 aliphatic heterocycles. The molecular weight excluding hydrogens is 337 g/mol. The molecule has 26 heavy (non-hydrogen) atoms. The van der Waals surface area contributed by atoms with Crippen molar-refractivity contribution in [3.05, 3.63) is 52.6 Å². The van der Waals surface area contributed by atoms with Gasteiger partial charge in [-0.05, 0) is 43.7 Å². The third-order valence-corrected chi connectivity index (χ3v) is 4.80. The Balaban J connectivity index is 1.71. The van der Waals surface area contributed by atoms with Crippen LogP contribution in [0.3, 0.4) is 0 Å². The number of carbonyl (C=O) groups excluding carboxylic acids is 2. The highest BCUT2D eigenvalue weighted by molar-refractivity contribution is 6.00. The third-order valence-electron chi connectivity index (χ3n) is 4.80. The zero-order chi connectivity index (χ0) is 18.8. The SMILES string of the molecule is COC(=O)c1c(C)[nH]c(C(=O)N2CCN(c3ccc(F)cc3)CC2)c1C. The van der Waals surface area contributed by atoms with Crippen LogP contribution in [0, 0.1) is 19.7 Å². The second-order valence-electron chi connectivity index (χ2n) is 6.37. The molecule has 138 valence electrons. The number of aryl methyl sites for hydroxylation is 1. The number of aromatic amines is 1. The summed E-state index contributed by atoms with van der Waals surface area (Å²) in [6, 6.07) is 6.36. The minimum Gasteiger partial charge on any atom is -0.465 e. The molecule has 0 bridgehead atoms. The van der Waals surface area contributed by atoms with E-state index in [2.05, 4.69) is 9.88 Å². The Morgan fingerprint density at radius 1 is 1.08 bits per heavy atom. The van der Waals surface area contributed by atoms with E-state index in [1.54, 1.807) is 30.9 Å². The monoisotopic (exact) mass is 359 g/mol. The number of carbonyl (C=O) groups is 2. The van der Waals surface area contributed by atoms with Gasteiger partial charge >= 0.3 is 5.97 Å². The number of hydrogen-bond acceptors (Lipinski definition) is 4. The van der Waals surface area contributed by atoms with Gasteiger partial charge in [0, 0.05) is 37.6 Å². The molecule has 2 aromatic rings. The van der Waals surface area contributed by atoms with Gasteiger partial charge in [0.2, 0.25) is 0 Å². The molecule has 0 unspecified atom stereocenters. The van der Waals surface area contributed by atoms with Gasteiger partial charge in [-0.1, -0.05) is 0 Å². The maximum Gasteiger partial charge on any atom is 0.339 e. The first kappa shape index (κ1) is 18.0. The lowest BCUT2D eigenvalue weighted by atomic mass is 10.1. The average Bonchev–Trinajstić information content (AvgIpc) is 2.95. The van der Waals surface area contributed by atoms with Crippen LogP contribution in [0.15, 0.2) is 24.3 Å². The minimum atomic E-state index is -0.448. The molecular formula is C19H22FN3O3. The predicted molar refractivity (Wildman–Crippen MR) is 96.1 cm³/mol. The summed E-state index contributed by atoms with van der Waals surface area (Å²) in [4.78, 5) is 31.7. The summed E-state index contributed by atoms with van der Waals surface area (Å²) in [6.45, 7) is 5.95. The van der Waals surface area contributed by atoms with Crippen LogP contribution >= 0.6 is 0 Å². The van der Waals surface area contributed by atoms with Gasteiger partial charge in [0.1, 0.15) is 11.5 Å². The molecule has 1 fully saturated rings. The molecule has 1 N–H and O–H groups in total. The molecule has 1 amide bonds. The topological polar surface area (TPSA) is 65.6 Å². The first-order valence-corrected chi connectivity index (χ1v) is 8.49. The molecule has 1 saturated heterocycles. The fourth-order valence-electron chi connectivity index (χ4n) is 3.35. The number of amides is 1. The number of rotatable bonds is 3. The van der Waals surface area contributed by atoms with Crippen molar-refractivity contribution in [1.82, 2.24) is 9.88 Å². The van der Waals surface area contributed by atoms with Crippen LogP contribution in [0.2, 0.25) is 0 Å². The quantitative estimate of drug-likeness (QED) is 0.856. The molecule has 0 radical (unpaired) electrons. The fourth-order valence-corrected chi connectivity index (χ4v) is 3.35. The smallest absolute Gasteiger partial charge is 0.339 e. The maximum absolute atomic E-state index is 13.1. The van der Waals surface area contributed by atoms with Crippen LogP contribution in [0.4, 0.5) is 10.1 Å². The van der Waals surface area contributed by atoms with E-state index in [1.165, 1.54) is 19.2 Å². The van der Waals surface area contributed by atoms with Crippen molar-refractivity contribution < 1.29 is 18.7 Å². The highest BCUT2D eigenvalue weighted by atomic mass is 19.1. The Kier molecular flexibility index (Phi) is 4.97. The second-order valence-corrected chi connectivity index (χ2v) is 6.37. The zero-order valence-corrected chi connectivity index (χ0v) is 15.1. The summed E-state index contributed by atoms with van der Waals surface area (Å²) in [5, 5.41) is 0. The number of hydrogen-bond donors (Lipinski definition) is 1. The van der Waals surface area contributed by atoms with E-state index in [4.69, 9.17) is 4.74 Å². The normalized spacial score (nSPS) is 14.5. The van der Waals surface area contributed by atoms with Crippen molar-refractivity contribution >= 4 is 17.6 Å². The molecule has 0 aliphatic carbocycles. The van der Waals surface area contributed by atoms with Gasteiger partial charge in [0.25, 0.3) is 5.91 Å². The number of esters is 1. The molecule has 1 aliphatic rings. The first-order chi connectivity index (χ1) is 12.4. The summed E-state index contributed by atoms with van der Waals surface area (Å²) in [5.74, 6) is -0.836. The number of benzene rings is 1. The molecule has 7 heteroatoms. The van der Waals surface area contributed by atoms with E-state index >= 15 is 0 Å². The highest BCUT2D eigenvalue weighted by Gasteiger charge is 2.28. The van der Waals surface area contributed by atoms with Crippen molar-refractivity contribution in [3.63, 3.8) is 0 Å². The fraction of sp³-hybridized carbons (Fsp3) is 0.368. The van der Waals surface area contributed by atoms with E-state index in [1.807, 2.05) is 0 Å². The van der Waals surface area contributed by atoms with Crippen LogP contribution in [0.25, 0.3) is 0 Å². The summed E-state index contributed by atoms with van der Waals surface area (Å²) in [5.41, 5.74) is 3.03. The Labute approximate surface area is 151 Å². The summed E-state index contributed by atoms with van der Waals surface area (Å²) in [7, 11) is 1.32. The lowest BCUT2D eigenvalue weighted by Gasteiger charge is -2.36. The van der Waals surface area contributed by atoms with Gasteiger partial charge in [-0.3, -0.25) is 4.79 Å². The molecule has 0 spiro atoms. The van der Waals surface area contributed by atoms with Gasteiger partial charge in [-0.15, -0.1) is 0 Å². The molecule has 0 saturated carbocycles.